The summed E-state index contributed by atoms with van der Waals surface area (Å²) >= 11 is 0. The molecule has 4 rings (SSSR count). The molecule has 1 amide bonds. The number of rotatable bonds is 6. The van der Waals surface area contributed by atoms with E-state index in [-0.39, 0.29) is 11.3 Å². The zero-order valence-corrected chi connectivity index (χ0v) is 16.0. The predicted molar refractivity (Wildman–Crippen MR) is 103 cm³/mol. The largest absolute Gasteiger partial charge is 0.496 e. The average molecular weight is 372 g/mol. The van der Waals surface area contributed by atoms with Crippen LogP contribution in [0.3, 0.4) is 0 Å². The third-order valence-corrected chi connectivity index (χ3v) is 5.95. The molecular weight excluding hydrogens is 344 g/mol. The maximum atomic E-state index is 12.8. The third kappa shape index (κ3) is 3.96. The number of carbonyl (C=O) groups excluding carboxylic acids is 1. The van der Waals surface area contributed by atoms with Crippen LogP contribution in [-0.2, 0) is 4.74 Å². The lowest BCUT2D eigenvalue weighted by molar-refractivity contribution is -0.000629. The Labute approximate surface area is 159 Å². The number of likely N-dealkylation sites (tertiary alicyclic amines) is 1. The molecule has 3 heterocycles. The van der Waals surface area contributed by atoms with Crippen molar-refractivity contribution in [1.82, 2.24) is 10.2 Å². The maximum Gasteiger partial charge on any atom is 0.251 e. The first-order valence-corrected chi connectivity index (χ1v) is 9.83. The van der Waals surface area contributed by atoms with Crippen molar-refractivity contribution in [3.8, 4) is 5.75 Å². The number of hydrogen-bond acceptors (Lipinski definition) is 5. The topological polar surface area (TPSA) is 63.9 Å². The summed E-state index contributed by atoms with van der Waals surface area (Å²) in [7, 11) is 1.61. The van der Waals surface area contributed by atoms with E-state index in [1.165, 1.54) is 25.9 Å². The molecule has 1 aromatic carbocycles. The van der Waals surface area contributed by atoms with Crippen LogP contribution in [0.25, 0.3) is 11.0 Å². The molecule has 0 unspecified atom stereocenters. The fourth-order valence-electron chi connectivity index (χ4n) is 4.32. The first kappa shape index (κ1) is 18.3. The second-order valence-electron chi connectivity index (χ2n) is 7.79. The molecule has 0 aliphatic carbocycles. The van der Waals surface area contributed by atoms with Gasteiger partial charge in [-0.15, -0.1) is 0 Å². The zero-order chi connectivity index (χ0) is 18.7. The highest BCUT2D eigenvalue weighted by atomic mass is 16.5. The van der Waals surface area contributed by atoms with Crippen molar-refractivity contribution < 1.29 is 18.7 Å². The molecule has 0 spiro atoms. The van der Waals surface area contributed by atoms with Gasteiger partial charge in [0.2, 0.25) is 0 Å². The second kappa shape index (κ2) is 7.90. The first-order valence-electron chi connectivity index (χ1n) is 9.83. The number of nitrogens with one attached hydrogen (secondary N) is 1. The van der Waals surface area contributed by atoms with E-state index in [9.17, 15) is 4.79 Å². The summed E-state index contributed by atoms with van der Waals surface area (Å²) in [6, 6.07) is 5.41. The van der Waals surface area contributed by atoms with Gasteiger partial charge in [0.15, 0.2) is 0 Å². The van der Waals surface area contributed by atoms with Gasteiger partial charge in [-0.05, 0) is 57.0 Å². The summed E-state index contributed by atoms with van der Waals surface area (Å²) in [4.78, 5) is 15.4. The molecule has 2 aliphatic heterocycles. The summed E-state index contributed by atoms with van der Waals surface area (Å²) in [5.74, 6) is 0.572. The Morgan fingerprint density at radius 3 is 2.78 bits per heavy atom. The molecule has 2 fully saturated rings. The SMILES string of the molecule is COc1cc(C(=O)NCC2(CN3CCCC3)CCOCC2)cc2occc12. The standard InChI is InChI=1S/C21H28N2O4/c1-25-18-12-16(13-19-17(18)4-9-27-19)20(24)22-14-21(5-10-26-11-6-21)15-23-7-2-3-8-23/h4,9,12-13H,2-3,5-8,10-11,14-15H2,1H3,(H,22,24). The van der Waals surface area contributed by atoms with Crippen LogP contribution in [0.5, 0.6) is 5.75 Å². The zero-order valence-electron chi connectivity index (χ0n) is 16.0. The fraction of sp³-hybridized carbons (Fsp3) is 0.571. The molecule has 2 aromatic rings. The number of hydrogen-bond donors (Lipinski definition) is 1. The van der Waals surface area contributed by atoms with Crippen LogP contribution in [-0.4, -0.2) is 57.3 Å². The van der Waals surface area contributed by atoms with E-state index >= 15 is 0 Å². The normalized spacial score (nSPS) is 20.0. The fourth-order valence-corrected chi connectivity index (χ4v) is 4.32. The van der Waals surface area contributed by atoms with Crippen molar-refractivity contribution >= 4 is 16.9 Å². The lowest BCUT2D eigenvalue weighted by Gasteiger charge is -2.40. The van der Waals surface area contributed by atoms with Crippen LogP contribution in [0.1, 0.15) is 36.0 Å². The number of carbonyl (C=O) groups is 1. The third-order valence-electron chi connectivity index (χ3n) is 5.95. The molecular formula is C21H28N2O4. The van der Waals surface area contributed by atoms with Gasteiger partial charge < -0.3 is 24.1 Å². The Morgan fingerprint density at radius 2 is 2.04 bits per heavy atom. The molecule has 1 aromatic heterocycles. The molecule has 2 aliphatic rings. The van der Waals surface area contributed by atoms with Crippen LogP contribution in [0, 0.1) is 5.41 Å². The summed E-state index contributed by atoms with van der Waals surface area (Å²) in [6.07, 6.45) is 6.15. The highest BCUT2D eigenvalue weighted by Gasteiger charge is 2.35. The van der Waals surface area contributed by atoms with Crippen molar-refractivity contribution in [1.29, 1.82) is 0 Å². The molecule has 27 heavy (non-hydrogen) atoms. The number of amides is 1. The van der Waals surface area contributed by atoms with Crippen molar-refractivity contribution in [3.05, 3.63) is 30.0 Å². The summed E-state index contributed by atoms with van der Waals surface area (Å²) < 4.78 is 16.5. The number of ether oxygens (including phenoxy) is 2. The monoisotopic (exact) mass is 372 g/mol. The van der Waals surface area contributed by atoms with E-state index in [0.29, 0.717) is 23.4 Å². The number of methoxy groups -OCH3 is 1. The Morgan fingerprint density at radius 1 is 1.26 bits per heavy atom. The Balaban J connectivity index is 1.47. The minimum Gasteiger partial charge on any atom is -0.496 e. The van der Waals surface area contributed by atoms with Gasteiger partial charge in [-0.1, -0.05) is 0 Å². The van der Waals surface area contributed by atoms with Gasteiger partial charge in [0.1, 0.15) is 11.3 Å². The molecule has 6 heteroatoms. The summed E-state index contributed by atoms with van der Waals surface area (Å²) in [5, 5.41) is 4.05. The first-order chi connectivity index (χ1) is 13.2. The quantitative estimate of drug-likeness (QED) is 0.844. The molecule has 0 bridgehead atoms. The minimum atomic E-state index is -0.0844. The lowest BCUT2D eigenvalue weighted by atomic mass is 9.79. The van der Waals surface area contributed by atoms with Crippen molar-refractivity contribution in [2.24, 2.45) is 5.41 Å². The Hall–Kier alpha value is -2.05. The molecule has 2 saturated heterocycles. The minimum absolute atomic E-state index is 0.0844. The average Bonchev–Trinajstić information content (AvgIpc) is 3.37. The van der Waals surface area contributed by atoms with E-state index in [0.717, 1.165) is 38.0 Å². The molecule has 146 valence electrons. The van der Waals surface area contributed by atoms with E-state index in [2.05, 4.69) is 10.2 Å². The number of fused-ring (bicyclic) bond motifs is 1. The summed E-state index contributed by atoms with van der Waals surface area (Å²) in [5.41, 5.74) is 1.33. The van der Waals surface area contributed by atoms with E-state index in [4.69, 9.17) is 13.9 Å². The van der Waals surface area contributed by atoms with E-state index < -0.39 is 0 Å². The van der Waals surface area contributed by atoms with Gasteiger partial charge in [0.25, 0.3) is 5.91 Å². The summed E-state index contributed by atoms with van der Waals surface area (Å²) in [6.45, 7) is 5.60. The number of nitrogens with zero attached hydrogens (tertiary/aromatic N) is 1. The van der Waals surface area contributed by atoms with E-state index in [1.807, 2.05) is 6.07 Å². The molecule has 1 N–H and O–H groups in total. The number of furan rings is 1. The van der Waals surface area contributed by atoms with Crippen molar-refractivity contribution in [3.63, 3.8) is 0 Å². The van der Waals surface area contributed by atoms with Crippen molar-refractivity contribution in [2.75, 3.05) is 46.5 Å². The van der Waals surface area contributed by atoms with E-state index in [1.54, 1.807) is 25.5 Å². The van der Waals surface area contributed by atoms with Gasteiger partial charge in [0.05, 0.1) is 18.8 Å². The van der Waals surface area contributed by atoms with Gasteiger partial charge in [-0.25, -0.2) is 0 Å². The Bertz CT molecular complexity index is 789. The Kier molecular flexibility index (Phi) is 5.36. The molecule has 0 saturated carbocycles. The highest BCUT2D eigenvalue weighted by molar-refractivity contribution is 5.99. The van der Waals surface area contributed by atoms with Gasteiger partial charge in [0, 0.05) is 37.3 Å². The van der Waals surface area contributed by atoms with Gasteiger partial charge in [-0.2, -0.15) is 0 Å². The molecule has 0 radical (unpaired) electrons. The van der Waals surface area contributed by atoms with Gasteiger partial charge >= 0.3 is 0 Å². The lowest BCUT2D eigenvalue weighted by Crippen LogP contribution is -2.48. The number of benzene rings is 1. The smallest absolute Gasteiger partial charge is 0.251 e. The van der Waals surface area contributed by atoms with Crippen LogP contribution in [0.4, 0.5) is 0 Å². The highest BCUT2D eigenvalue weighted by Crippen LogP contribution is 2.33. The van der Waals surface area contributed by atoms with Crippen LogP contribution >= 0.6 is 0 Å². The second-order valence-corrected chi connectivity index (χ2v) is 7.79. The van der Waals surface area contributed by atoms with Crippen LogP contribution in [0.2, 0.25) is 0 Å². The van der Waals surface area contributed by atoms with Crippen LogP contribution < -0.4 is 10.1 Å². The maximum absolute atomic E-state index is 12.8. The molecule has 6 nitrogen and oxygen atoms in total. The van der Waals surface area contributed by atoms with Gasteiger partial charge in [-0.3, -0.25) is 4.79 Å². The van der Waals surface area contributed by atoms with Crippen LogP contribution in [0.15, 0.2) is 28.9 Å². The van der Waals surface area contributed by atoms with Crippen molar-refractivity contribution in [2.45, 2.75) is 25.7 Å². The molecule has 0 atom stereocenters. The predicted octanol–water partition coefficient (Wildman–Crippen LogP) is 3.06.